The first kappa shape index (κ1) is 20.4. The highest BCUT2D eigenvalue weighted by molar-refractivity contribution is 5.82. The van der Waals surface area contributed by atoms with E-state index >= 15 is 0 Å². The standard InChI is InChI=1S/C22H18F5NO2/c23-21(24)10-15(11-21)12-5-7-13(8-6-12)18(20(29)30)19(22(25,26)27)17-9-14-3-1-2-4-16(14)28-17/h1-9,15,18-19,28H,10-11H2,(H,29,30)/t18-,19+/m1/s1. The highest BCUT2D eigenvalue weighted by Crippen LogP contribution is 2.49. The molecule has 1 heterocycles. The molecule has 0 bridgehead atoms. The fourth-order valence-electron chi connectivity index (χ4n) is 4.16. The van der Waals surface area contributed by atoms with Crippen LogP contribution >= 0.6 is 0 Å². The molecule has 0 aliphatic heterocycles. The Hall–Kier alpha value is -2.90. The molecule has 158 valence electrons. The smallest absolute Gasteiger partial charge is 0.398 e. The lowest BCUT2D eigenvalue weighted by molar-refractivity contribution is -0.168. The minimum atomic E-state index is -4.82. The largest absolute Gasteiger partial charge is 0.481 e. The molecule has 3 aromatic rings. The Morgan fingerprint density at radius 1 is 1.07 bits per heavy atom. The number of para-hydroxylation sites is 1. The minimum Gasteiger partial charge on any atom is -0.481 e. The zero-order valence-electron chi connectivity index (χ0n) is 15.6. The molecule has 1 saturated carbocycles. The van der Waals surface area contributed by atoms with Crippen LogP contribution in [0.25, 0.3) is 10.9 Å². The van der Waals surface area contributed by atoms with Crippen LogP contribution in [-0.4, -0.2) is 28.2 Å². The average Bonchev–Trinajstić information content (AvgIpc) is 3.06. The summed E-state index contributed by atoms with van der Waals surface area (Å²) in [7, 11) is 0. The summed E-state index contributed by atoms with van der Waals surface area (Å²) in [6.07, 6.45) is -5.44. The van der Waals surface area contributed by atoms with Crippen molar-refractivity contribution in [2.75, 3.05) is 0 Å². The first-order valence-corrected chi connectivity index (χ1v) is 9.40. The van der Waals surface area contributed by atoms with Gasteiger partial charge in [-0.15, -0.1) is 0 Å². The SMILES string of the molecule is O=C(O)[C@H](c1ccc(C2CC(F)(F)C2)cc1)[C@H](c1cc2ccccc2[nH]1)C(F)(F)F. The molecule has 0 saturated heterocycles. The Labute approximate surface area is 168 Å². The van der Waals surface area contributed by atoms with Gasteiger partial charge in [0, 0.05) is 24.1 Å². The number of aromatic nitrogens is 1. The lowest BCUT2D eigenvalue weighted by Crippen LogP contribution is -2.34. The predicted molar refractivity (Wildman–Crippen MR) is 101 cm³/mol. The van der Waals surface area contributed by atoms with E-state index < -0.39 is 29.9 Å². The molecule has 0 unspecified atom stereocenters. The van der Waals surface area contributed by atoms with E-state index in [1.165, 1.54) is 30.3 Å². The third-order valence-electron chi connectivity index (χ3n) is 5.69. The molecule has 1 aliphatic carbocycles. The first-order valence-electron chi connectivity index (χ1n) is 9.40. The van der Waals surface area contributed by atoms with Crippen molar-refractivity contribution in [2.45, 2.75) is 42.7 Å². The number of hydrogen-bond donors (Lipinski definition) is 2. The van der Waals surface area contributed by atoms with Gasteiger partial charge in [-0.3, -0.25) is 4.79 Å². The number of aromatic amines is 1. The molecule has 8 heteroatoms. The number of halogens is 5. The van der Waals surface area contributed by atoms with Crippen LogP contribution in [0.5, 0.6) is 0 Å². The fourth-order valence-corrected chi connectivity index (χ4v) is 4.16. The van der Waals surface area contributed by atoms with Crippen molar-refractivity contribution < 1.29 is 31.9 Å². The van der Waals surface area contributed by atoms with Crippen LogP contribution in [0.4, 0.5) is 22.0 Å². The van der Waals surface area contributed by atoms with Gasteiger partial charge in [0.05, 0.1) is 5.92 Å². The Balaban J connectivity index is 1.71. The lowest BCUT2D eigenvalue weighted by Gasteiger charge is -2.35. The third kappa shape index (κ3) is 3.78. The van der Waals surface area contributed by atoms with Gasteiger partial charge in [0.15, 0.2) is 0 Å². The number of alkyl halides is 5. The predicted octanol–water partition coefficient (Wildman–Crippen LogP) is 6.19. The van der Waals surface area contributed by atoms with Crippen molar-refractivity contribution in [3.8, 4) is 0 Å². The molecule has 0 radical (unpaired) electrons. The maximum atomic E-state index is 14.0. The summed E-state index contributed by atoms with van der Waals surface area (Å²) in [5, 5.41) is 10.2. The van der Waals surface area contributed by atoms with Crippen molar-refractivity contribution in [3.05, 3.63) is 71.4 Å². The quantitative estimate of drug-likeness (QED) is 0.481. The number of benzene rings is 2. The van der Waals surface area contributed by atoms with Gasteiger partial charge in [-0.05, 0) is 34.6 Å². The zero-order valence-corrected chi connectivity index (χ0v) is 15.6. The van der Waals surface area contributed by atoms with Gasteiger partial charge < -0.3 is 10.1 Å². The van der Waals surface area contributed by atoms with E-state index in [4.69, 9.17) is 0 Å². The van der Waals surface area contributed by atoms with E-state index in [9.17, 15) is 31.9 Å². The Morgan fingerprint density at radius 2 is 1.70 bits per heavy atom. The Kier molecular flexibility index (Phi) is 4.83. The molecular weight excluding hydrogens is 405 g/mol. The summed E-state index contributed by atoms with van der Waals surface area (Å²) >= 11 is 0. The van der Waals surface area contributed by atoms with Crippen molar-refractivity contribution in [3.63, 3.8) is 0 Å². The van der Waals surface area contributed by atoms with E-state index in [1.54, 1.807) is 24.3 Å². The summed E-state index contributed by atoms with van der Waals surface area (Å²) in [6.45, 7) is 0. The number of carbonyl (C=O) groups is 1. The molecule has 1 aliphatic rings. The van der Waals surface area contributed by atoms with Crippen LogP contribution in [-0.2, 0) is 4.79 Å². The van der Waals surface area contributed by atoms with Crippen LogP contribution in [0.3, 0.4) is 0 Å². The van der Waals surface area contributed by atoms with Crippen molar-refractivity contribution in [1.82, 2.24) is 4.98 Å². The number of hydrogen-bond acceptors (Lipinski definition) is 1. The van der Waals surface area contributed by atoms with Gasteiger partial charge in [0.25, 0.3) is 0 Å². The zero-order chi connectivity index (χ0) is 21.7. The average molecular weight is 423 g/mol. The van der Waals surface area contributed by atoms with Gasteiger partial charge in [0.2, 0.25) is 5.92 Å². The molecule has 0 amide bonds. The lowest BCUT2D eigenvalue weighted by atomic mass is 9.76. The van der Waals surface area contributed by atoms with E-state index in [0.717, 1.165) is 0 Å². The van der Waals surface area contributed by atoms with Crippen LogP contribution in [0.2, 0.25) is 0 Å². The fraction of sp³-hybridized carbons (Fsp3) is 0.318. The summed E-state index contributed by atoms with van der Waals surface area (Å²) in [4.78, 5) is 14.6. The number of rotatable bonds is 5. The van der Waals surface area contributed by atoms with Crippen LogP contribution in [0.15, 0.2) is 54.6 Å². The van der Waals surface area contributed by atoms with Crippen molar-refractivity contribution >= 4 is 16.9 Å². The molecule has 0 spiro atoms. The molecule has 2 aromatic carbocycles. The van der Waals surface area contributed by atoms with E-state index in [1.807, 2.05) is 0 Å². The number of nitrogens with one attached hydrogen (secondary N) is 1. The number of carboxylic acids is 1. The molecular formula is C22H18F5NO2. The number of fused-ring (bicyclic) bond motifs is 1. The molecule has 2 atom stereocenters. The Bertz CT molecular complexity index is 1030. The van der Waals surface area contributed by atoms with Gasteiger partial charge in [-0.25, -0.2) is 8.78 Å². The monoisotopic (exact) mass is 423 g/mol. The van der Waals surface area contributed by atoms with Gasteiger partial charge in [0.1, 0.15) is 5.92 Å². The molecule has 4 rings (SSSR count). The van der Waals surface area contributed by atoms with Crippen molar-refractivity contribution in [1.29, 1.82) is 0 Å². The second-order valence-electron chi connectivity index (χ2n) is 7.77. The molecule has 30 heavy (non-hydrogen) atoms. The summed E-state index contributed by atoms with van der Waals surface area (Å²) < 4.78 is 68.2. The highest BCUT2D eigenvalue weighted by atomic mass is 19.4. The summed E-state index contributed by atoms with van der Waals surface area (Å²) in [5.74, 6) is -8.87. The van der Waals surface area contributed by atoms with Gasteiger partial charge >= 0.3 is 12.1 Å². The van der Waals surface area contributed by atoms with Crippen LogP contribution in [0, 0.1) is 0 Å². The second-order valence-corrected chi connectivity index (χ2v) is 7.77. The number of H-pyrrole nitrogens is 1. The summed E-state index contributed by atoms with van der Waals surface area (Å²) in [5.41, 5.74) is 0.784. The van der Waals surface area contributed by atoms with E-state index in [2.05, 4.69) is 4.98 Å². The molecule has 1 fully saturated rings. The maximum Gasteiger partial charge on any atom is 0.398 e. The highest BCUT2D eigenvalue weighted by Gasteiger charge is 2.50. The normalized spacial score (nSPS) is 18.7. The van der Waals surface area contributed by atoms with Gasteiger partial charge in [-0.1, -0.05) is 42.5 Å². The minimum absolute atomic E-state index is 0.0293. The molecule has 2 N–H and O–H groups in total. The van der Waals surface area contributed by atoms with Crippen LogP contribution < -0.4 is 0 Å². The topological polar surface area (TPSA) is 53.1 Å². The van der Waals surface area contributed by atoms with E-state index in [0.29, 0.717) is 16.5 Å². The molecule has 1 aromatic heterocycles. The van der Waals surface area contributed by atoms with Crippen molar-refractivity contribution in [2.24, 2.45) is 0 Å². The second kappa shape index (κ2) is 7.11. The number of aliphatic carboxylic acids is 1. The third-order valence-corrected chi connectivity index (χ3v) is 5.69. The maximum absolute atomic E-state index is 14.0. The first-order chi connectivity index (χ1) is 14.0. The summed E-state index contributed by atoms with van der Waals surface area (Å²) in [6, 6.07) is 13.4. The Morgan fingerprint density at radius 3 is 2.23 bits per heavy atom. The number of carboxylic acid groups (broad SMARTS) is 1. The molecule has 3 nitrogen and oxygen atoms in total. The van der Waals surface area contributed by atoms with Gasteiger partial charge in [-0.2, -0.15) is 13.2 Å². The van der Waals surface area contributed by atoms with E-state index in [-0.39, 0.29) is 30.0 Å². The van der Waals surface area contributed by atoms with Crippen LogP contribution in [0.1, 0.15) is 47.4 Å².